The maximum absolute atomic E-state index is 13.5. The predicted molar refractivity (Wildman–Crippen MR) is 78.3 cm³/mol. The van der Waals surface area contributed by atoms with E-state index < -0.39 is 0 Å². The summed E-state index contributed by atoms with van der Waals surface area (Å²) in [5.74, 6) is -0.182. The molecule has 2 rings (SSSR count). The lowest BCUT2D eigenvalue weighted by Gasteiger charge is -2.10. The van der Waals surface area contributed by atoms with E-state index in [4.69, 9.17) is 4.74 Å². The van der Waals surface area contributed by atoms with Crippen molar-refractivity contribution in [3.8, 4) is 5.75 Å². The molecule has 0 aromatic heterocycles. The molecule has 5 heteroatoms. The second-order valence-corrected chi connectivity index (χ2v) is 5.03. The van der Waals surface area contributed by atoms with Gasteiger partial charge in [-0.05, 0) is 24.3 Å². The van der Waals surface area contributed by atoms with Crippen LogP contribution in [-0.2, 0) is 6.54 Å². The van der Waals surface area contributed by atoms with Crippen LogP contribution in [0.25, 0.3) is 0 Å². The molecule has 0 bridgehead atoms. The Kier molecular flexibility index (Phi) is 4.74. The largest absolute Gasteiger partial charge is 0.496 e. The van der Waals surface area contributed by atoms with Crippen molar-refractivity contribution in [2.24, 2.45) is 0 Å². The van der Waals surface area contributed by atoms with Crippen molar-refractivity contribution in [3.05, 3.63) is 63.9 Å². The number of amides is 1. The SMILES string of the molecule is COc1cc(Br)ccc1C(=O)NCc1ccccc1F. The first kappa shape index (κ1) is 14.5. The van der Waals surface area contributed by atoms with Gasteiger partial charge >= 0.3 is 0 Å². The molecular weight excluding hydrogens is 325 g/mol. The number of nitrogens with one attached hydrogen (secondary N) is 1. The zero-order valence-electron chi connectivity index (χ0n) is 10.8. The minimum Gasteiger partial charge on any atom is -0.496 e. The molecule has 20 heavy (non-hydrogen) atoms. The zero-order chi connectivity index (χ0) is 14.5. The fraction of sp³-hybridized carbons (Fsp3) is 0.133. The molecular formula is C15H13BrFNO2. The molecule has 0 unspecified atom stereocenters. The number of carbonyl (C=O) groups excluding carboxylic acids is 1. The number of hydrogen-bond acceptors (Lipinski definition) is 2. The summed E-state index contributed by atoms with van der Waals surface area (Å²) in [6.45, 7) is 0.130. The molecule has 1 N–H and O–H groups in total. The second-order valence-electron chi connectivity index (χ2n) is 4.12. The van der Waals surface area contributed by atoms with Crippen molar-refractivity contribution in [2.75, 3.05) is 7.11 Å². The van der Waals surface area contributed by atoms with Crippen molar-refractivity contribution in [1.82, 2.24) is 5.32 Å². The average molecular weight is 338 g/mol. The van der Waals surface area contributed by atoms with Gasteiger partial charge in [-0.1, -0.05) is 34.1 Å². The Morgan fingerprint density at radius 3 is 2.75 bits per heavy atom. The molecule has 1 amide bonds. The first-order valence-corrected chi connectivity index (χ1v) is 6.76. The Balaban J connectivity index is 2.11. The van der Waals surface area contributed by atoms with Crippen LogP contribution in [0.5, 0.6) is 5.75 Å². The normalized spacial score (nSPS) is 10.2. The van der Waals surface area contributed by atoms with Gasteiger partial charge in [-0.15, -0.1) is 0 Å². The van der Waals surface area contributed by atoms with Gasteiger partial charge in [0.15, 0.2) is 0 Å². The van der Waals surface area contributed by atoms with E-state index in [9.17, 15) is 9.18 Å². The third kappa shape index (κ3) is 3.36. The first-order chi connectivity index (χ1) is 9.61. The lowest BCUT2D eigenvalue weighted by molar-refractivity contribution is 0.0947. The highest BCUT2D eigenvalue weighted by molar-refractivity contribution is 9.10. The van der Waals surface area contributed by atoms with E-state index in [1.807, 2.05) is 0 Å². The predicted octanol–water partition coefficient (Wildman–Crippen LogP) is 3.53. The van der Waals surface area contributed by atoms with Crippen LogP contribution in [0.2, 0.25) is 0 Å². The van der Waals surface area contributed by atoms with Crippen molar-refractivity contribution < 1.29 is 13.9 Å². The highest BCUT2D eigenvalue weighted by Gasteiger charge is 2.12. The summed E-state index contributed by atoms with van der Waals surface area (Å²) in [5.41, 5.74) is 0.851. The molecule has 3 nitrogen and oxygen atoms in total. The number of hydrogen-bond donors (Lipinski definition) is 1. The third-order valence-electron chi connectivity index (χ3n) is 2.81. The molecule has 0 saturated heterocycles. The second kappa shape index (κ2) is 6.52. The van der Waals surface area contributed by atoms with Gasteiger partial charge < -0.3 is 10.1 Å². The first-order valence-electron chi connectivity index (χ1n) is 5.97. The minimum atomic E-state index is -0.337. The number of carbonyl (C=O) groups is 1. The van der Waals surface area contributed by atoms with E-state index >= 15 is 0 Å². The van der Waals surface area contributed by atoms with Crippen LogP contribution < -0.4 is 10.1 Å². The summed E-state index contributed by atoms with van der Waals surface area (Å²) in [4.78, 5) is 12.1. The van der Waals surface area contributed by atoms with Crippen LogP contribution >= 0.6 is 15.9 Å². The topological polar surface area (TPSA) is 38.3 Å². The fourth-order valence-corrected chi connectivity index (χ4v) is 2.11. The Bertz CT molecular complexity index is 631. The van der Waals surface area contributed by atoms with E-state index in [2.05, 4.69) is 21.2 Å². The highest BCUT2D eigenvalue weighted by Crippen LogP contribution is 2.23. The average Bonchev–Trinajstić information content (AvgIpc) is 2.46. The van der Waals surface area contributed by atoms with E-state index in [1.165, 1.54) is 13.2 Å². The van der Waals surface area contributed by atoms with E-state index in [-0.39, 0.29) is 18.3 Å². The van der Waals surface area contributed by atoms with Crippen LogP contribution in [0, 0.1) is 5.82 Å². The Morgan fingerprint density at radius 2 is 2.05 bits per heavy atom. The number of halogens is 2. The highest BCUT2D eigenvalue weighted by atomic mass is 79.9. The number of benzene rings is 2. The summed E-state index contributed by atoms with van der Waals surface area (Å²) in [5, 5.41) is 2.68. The van der Waals surface area contributed by atoms with Gasteiger partial charge in [-0.25, -0.2) is 4.39 Å². The van der Waals surface area contributed by atoms with E-state index in [0.717, 1.165) is 4.47 Å². The van der Waals surface area contributed by atoms with Crippen molar-refractivity contribution in [2.45, 2.75) is 6.54 Å². The van der Waals surface area contributed by atoms with Crippen LogP contribution in [0.3, 0.4) is 0 Å². The minimum absolute atomic E-state index is 0.130. The Hall–Kier alpha value is -1.88. The quantitative estimate of drug-likeness (QED) is 0.926. The molecule has 2 aromatic carbocycles. The molecule has 0 spiro atoms. The standard InChI is InChI=1S/C15H13BrFNO2/c1-20-14-8-11(16)6-7-12(14)15(19)18-9-10-4-2-3-5-13(10)17/h2-8H,9H2,1H3,(H,18,19). The third-order valence-corrected chi connectivity index (χ3v) is 3.30. The summed E-state index contributed by atoms with van der Waals surface area (Å²) >= 11 is 3.31. The van der Waals surface area contributed by atoms with Gasteiger partial charge in [0.05, 0.1) is 12.7 Å². The van der Waals surface area contributed by atoms with Crippen LogP contribution in [0.1, 0.15) is 15.9 Å². The summed E-state index contributed by atoms with van der Waals surface area (Å²) in [7, 11) is 1.50. The van der Waals surface area contributed by atoms with Gasteiger partial charge in [0, 0.05) is 16.6 Å². The number of ether oxygens (including phenoxy) is 1. The molecule has 0 aliphatic heterocycles. The van der Waals surface area contributed by atoms with E-state index in [1.54, 1.807) is 36.4 Å². The molecule has 0 fully saturated rings. The summed E-state index contributed by atoms with van der Waals surface area (Å²) < 4.78 is 19.4. The van der Waals surface area contributed by atoms with Gasteiger partial charge in [-0.2, -0.15) is 0 Å². The molecule has 0 saturated carbocycles. The lowest BCUT2D eigenvalue weighted by atomic mass is 10.1. The van der Waals surface area contributed by atoms with Crippen LogP contribution in [0.4, 0.5) is 4.39 Å². The number of rotatable bonds is 4. The van der Waals surface area contributed by atoms with Crippen molar-refractivity contribution in [1.29, 1.82) is 0 Å². The maximum Gasteiger partial charge on any atom is 0.255 e. The van der Waals surface area contributed by atoms with Crippen molar-refractivity contribution in [3.63, 3.8) is 0 Å². The lowest BCUT2D eigenvalue weighted by Crippen LogP contribution is -2.23. The molecule has 0 aliphatic carbocycles. The Labute approximate surface area is 124 Å². The van der Waals surface area contributed by atoms with Gasteiger partial charge in [0.25, 0.3) is 5.91 Å². The van der Waals surface area contributed by atoms with E-state index in [0.29, 0.717) is 16.9 Å². The molecule has 0 heterocycles. The summed E-state index contributed by atoms with van der Waals surface area (Å²) in [6.07, 6.45) is 0. The summed E-state index contributed by atoms with van der Waals surface area (Å²) in [6, 6.07) is 11.4. The molecule has 0 aliphatic rings. The van der Waals surface area contributed by atoms with Crippen LogP contribution in [-0.4, -0.2) is 13.0 Å². The molecule has 2 aromatic rings. The van der Waals surface area contributed by atoms with Crippen LogP contribution in [0.15, 0.2) is 46.9 Å². The maximum atomic E-state index is 13.5. The van der Waals surface area contributed by atoms with Gasteiger partial charge in [0.1, 0.15) is 11.6 Å². The fourth-order valence-electron chi connectivity index (χ4n) is 1.77. The van der Waals surface area contributed by atoms with Gasteiger partial charge in [-0.3, -0.25) is 4.79 Å². The van der Waals surface area contributed by atoms with Gasteiger partial charge in [0.2, 0.25) is 0 Å². The monoisotopic (exact) mass is 337 g/mol. The Morgan fingerprint density at radius 1 is 1.30 bits per heavy atom. The number of methoxy groups -OCH3 is 1. The smallest absolute Gasteiger partial charge is 0.255 e. The van der Waals surface area contributed by atoms with Crippen molar-refractivity contribution >= 4 is 21.8 Å². The molecule has 0 atom stereocenters. The zero-order valence-corrected chi connectivity index (χ0v) is 12.4. The molecule has 0 radical (unpaired) electrons. The molecule has 104 valence electrons.